The summed E-state index contributed by atoms with van der Waals surface area (Å²) in [5.41, 5.74) is 16.1. The summed E-state index contributed by atoms with van der Waals surface area (Å²) in [5, 5.41) is 7.32. The predicted octanol–water partition coefficient (Wildman–Crippen LogP) is 18.2. The fourth-order valence-corrected chi connectivity index (χ4v) is 9.91. The van der Waals surface area contributed by atoms with Crippen LogP contribution in [0.3, 0.4) is 0 Å². The van der Waals surface area contributed by atoms with Gasteiger partial charge >= 0.3 is 0 Å². The maximum Gasteiger partial charge on any atom is 0.0540 e. The molecule has 310 valence electrons. The Bertz CT molecular complexity index is 3370. The number of hydrogen-bond donors (Lipinski definition) is 0. The topological polar surface area (TPSA) is 6.48 Å². The molecule has 0 atom stereocenters. The lowest BCUT2D eigenvalue weighted by molar-refractivity contribution is 1.30. The molecular formula is C64H44N2. The van der Waals surface area contributed by atoms with Gasteiger partial charge in [-0.2, -0.15) is 0 Å². The molecule has 2 nitrogen and oxygen atoms in total. The van der Waals surface area contributed by atoms with Crippen LogP contribution in [-0.4, -0.2) is 0 Å². The van der Waals surface area contributed by atoms with Gasteiger partial charge < -0.3 is 9.80 Å². The van der Waals surface area contributed by atoms with E-state index < -0.39 is 0 Å². The van der Waals surface area contributed by atoms with Crippen molar-refractivity contribution < 1.29 is 0 Å². The van der Waals surface area contributed by atoms with E-state index in [1.807, 2.05) is 0 Å². The molecule has 0 N–H and O–H groups in total. The summed E-state index contributed by atoms with van der Waals surface area (Å²) in [6.07, 6.45) is 0. The van der Waals surface area contributed by atoms with Crippen molar-refractivity contribution >= 4 is 66.4 Å². The second-order valence-corrected chi connectivity index (χ2v) is 16.9. The third-order valence-corrected chi connectivity index (χ3v) is 13.0. The molecule has 66 heavy (non-hydrogen) atoms. The number of hydrogen-bond acceptors (Lipinski definition) is 2. The smallest absolute Gasteiger partial charge is 0.0540 e. The lowest BCUT2D eigenvalue weighted by atomic mass is 9.91. The van der Waals surface area contributed by atoms with Crippen molar-refractivity contribution in [1.29, 1.82) is 0 Å². The van der Waals surface area contributed by atoms with Crippen LogP contribution in [0.2, 0.25) is 0 Å². The molecule has 0 aliphatic rings. The number of para-hydroxylation sites is 2. The van der Waals surface area contributed by atoms with Crippen LogP contribution < -0.4 is 9.80 Å². The van der Waals surface area contributed by atoms with Gasteiger partial charge in [0.25, 0.3) is 0 Å². The summed E-state index contributed by atoms with van der Waals surface area (Å²) in [6.45, 7) is 0. The molecule has 0 aliphatic carbocycles. The minimum absolute atomic E-state index is 1.10. The van der Waals surface area contributed by atoms with Crippen LogP contribution >= 0.6 is 0 Å². The SMILES string of the molecule is c1ccc(-c2ccc(N(c3ccccc3)c3ccc4ccc5c(N(c6ccccc6)c6ccc(-c7ccccc7)cc6-c6ccccc6)ccc6ccc3c4c65)c(-c3ccccc3)c2)cc1. The molecule has 0 saturated heterocycles. The zero-order valence-electron chi connectivity index (χ0n) is 36.3. The molecule has 0 fully saturated rings. The van der Waals surface area contributed by atoms with Gasteiger partial charge in [-0.3, -0.25) is 0 Å². The van der Waals surface area contributed by atoms with Crippen LogP contribution in [0.5, 0.6) is 0 Å². The van der Waals surface area contributed by atoms with Gasteiger partial charge in [0.2, 0.25) is 0 Å². The van der Waals surface area contributed by atoms with Crippen LogP contribution in [0.1, 0.15) is 0 Å². The average molecular weight is 841 g/mol. The van der Waals surface area contributed by atoms with E-state index in [-0.39, 0.29) is 0 Å². The average Bonchev–Trinajstić information content (AvgIpc) is 3.40. The second-order valence-electron chi connectivity index (χ2n) is 16.9. The molecule has 0 unspecified atom stereocenters. The Morgan fingerprint density at radius 1 is 0.212 bits per heavy atom. The van der Waals surface area contributed by atoms with Gasteiger partial charge in [0.15, 0.2) is 0 Å². The number of rotatable bonds is 10. The Kier molecular flexibility index (Phi) is 9.89. The summed E-state index contributed by atoms with van der Waals surface area (Å²) in [5.74, 6) is 0. The van der Waals surface area contributed by atoms with Crippen molar-refractivity contribution in [2.45, 2.75) is 0 Å². The molecule has 0 radical (unpaired) electrons. The molecule has 12 rings (SSSR count). The van der Waals surface area contributed by atoms with Gasteiger partial charge in [-0.05, 0) is 116 Å². The molecule has 12 aromatic carbocycles. The molecule has 2 heteroatoms. The third-order valence-electron chi connectivity index (χ3n) is 13.0. The normalized spacial score (nSPS) is 11.3. The van der Waals surface area contributed by atoms with Crippen molar-refractivity contribution in [3.05, 3.63) is 267 Å². The number of anilines is 6. The summed E-state index contributed by atoms with van der Waals surface area (Å²) in [6, 6.07) is 97.0. The van der Waals surface area contributed by atoms with Crippen LogP contribution in [-0.2, 0) is 0 Å². The molecular weight excluding hydrogens is 797 g/mol. The highest BCUT2D eigenvalue weighted by atomic mass is 15.2. The minimum Gasteiger partial charge on any atom is -0.309 e. The molecule has 0 saturated carbocycles. The highest BCUT2D eigenvalue weighted by Gasteiger charge is 2.25. The van der Waals surface area contributed by atoms with Crippen LogP contribution in [0.15, 0.2) is 267 Å². The summed E-state index contributed by atoms with van der Waals surface area (Å²) in [7, 11) is 0. The van der Waals surface area contributed by atoms with Crippen LogP contribution in [0, 0.1) is 0 Å². The standard InChI is InChI=1S/C64H44N2/c1-7-19-45(20-8-1)51-35-41-61(57(43-51)47-23-11-3-12-24-47)65(53-27-15-5-16-28-53)59-39-33-49-32-38-56-60(40-34-50-31-37-55(59)63(49)64(50)56)66(54-29-17-6-18-30-54)62-42-36-52(46-21-9-2-10-22-46)44-58(62)48-25-13-4-14-26-48/h1-44H. The first-order chi connectivity index (χ1) is 32.8. The van der Waals surface area contributed by atoms with E-state index in [0.29, 0.717) is 0 Å². The second kappa shape index (κ2) is 16.8. The quantitative estimate of drug-likeness (QED) is 0.127. The van der Waals surface area contributed by atoms with E-state index in [9.17, 15) is 0 Å². The first kappa shape index (κ1) is 38.9. The Labute approximate surface area is 385 Å². The van der Waals surface area contributed by atoms with Gasteiger partial charge in [-0.25, -0.2) is 0 Å². The molecule has 0 amide bonds. The van der Waals surface area contributed by atoms with Gasteiger partial charge in [-0.1, -0.05) is 206 Å². The Morgan fingerprint density at radius 2 is 0.515 bits per heavy atom. The Morgan fingerprint density at radius 3 is 0.879 bits per heavy atom. The Hall–Kier alpha value is -8.72. The van der Waals surface area contributed by atoms with Crippen molar-refractivity contribution in [3.8, 4) is 44.5 Å². The molecule has 0 bridgehead atoms. The molecule has 12 aromatic rings. The van der Waals surface area contributed by atoms with E-state index in [0.717, 1.165) is 34.1 Å². The van der Waals surface area contributed by atoms with E-state index in [1.54, 1.807) is 0 Å². The number of nitrogens with zero attached hydrogens (tertiary/aromatic N) is 2. The predicted molar refractivity (Wildman–Crippen MR) is 281 cm³/mol. The zero-order valence-corrected chi connectivity index (χ0v) is 36.3. The molecule has 0 aliphatic heterocycles. The summed E-state index contributed by atoms with van der Waals surface area (Å²) in [4.78, 5) is 4.92. The van der Waals surface area contributed by atoms with Crippen molar-refractivity contribution in [2.75, 3.05) is 9.80 Å². The van der Waals surface area contributed by atoms with Crippen molar-refractivity contribution in [1.82, 2.24) is 0 Å². The lowest BCUT2D eigenvalue weighted by Gasteiger charge is -2.31. The summed E-state index contributed by atoms with van der Waals surface area (Å²) < 4.78 is 0. The summed E-state index contributed by atoms with van der Waals surface area (Å²) >= 11 is 0. The molecule has 0 aromatic heterocycles. The highest BCUT2D eigenvalue weighted by Crippen LogP contribution is 2.50. The molecule has 0 heterocycles. The lowest BCUT2D eigenvalue weighted by Crippen LogP contribution is -2.13. The van der Waals surface area contributed by atoms with Crippen molar-refractivity contribution in [3.63, 3.8) is 0 Å². The maximum atomic E-state index is 2.46. The van der Waals surface area contributed by atoms with Crippen LogP contribution in [0.4, 0.5) is 34.1 Å². The first-order valence-electron chi connectivity index (χ1n) is 22.7. The highest BCUT2D eigenvalue weighted by molar-refractivity contribution is 6.28. The van der Waals surface area contributed by atoms with Crippen molar-refractivity contribution in [2.24, 2.45) is 0 Å². The van der Waals surface area contributed by atoms with E-state index in [1.165, 1.54) is 76.8 Å². The van der Waals surface area contributed by atoms with Crippen LogP contribution in [0.25, 0.3) is 76.8 Å². The fourth-order valence-electron chi connectivity index (χ4n) is 9.91. The largest absolute Gasteiger partial charge is 0.309 e. The maximum absolute atomic E-state index is 2.46. The van der Waals surface area contributed by atoms with E-state index >= 15 is 0 Å². The molecule has 0 spiro atoms. The van der Waals surface area contributed by atoms with Gasteiger partial charge in [0.05, 0.1) is 22.7 Å². The van der Waals surface area contributed by atoms with Gasteiger partial charge in [0, 0.05) is 33.3 Å². The van der Waals surface area contributed by atoms with Gasteiger partial charge in [-0.15, -0.1) is 0 Å². The number of benzene rings is 12. The van der Waals surface area contributed by atoms with E-state index in [4.69, 9.17) is 0 Å². The first-order valence-corrected chi connectivity index (χ1v) is 22.7. The fraction of sp³-hybridized carbons (Fsp3) is 0. The zero-order chi connectivity index (χ0) is 43.8. The third kappa shape index (κ3) is 6.93. The Balaban J connectivity index is 1.10. The van der Waals surface area contributed by atoms with E-state index in [2.05, 4.69) is 277 Å². The minimum atomic E-state index is 1.10. The monoisotopic (exact) mass is 840 g/mol. The van der Waals surface area contributed by atoms with Gasteiger partial charge in [0.1, 0.15) is 0 Å².